The maximum Gasteiger partial charge on any atom is 0.134 e. The average Bonchev–Trinajstić information content (AvgIpc) is 2.88. The molecule has 0 amide bonds. The standard InChI is InChI=1S/C34H40Br2O2/c35-31-24-34(38-20-8-4-2-6-10-26-12-14-28-16-18-30(28)22-26)32(36)23-33(31)37-19-7-3-1-5-9-25-11-13-27-15-17-29(27)21-25/h11-14,21-24H,1-10,15-20H2. The van der Waals surface area contributed by atoms with Crippen LogP contribution in [0.1, 0.15) is 84.7 Å². The largest absolute Gasteiger partial charge is 0.492 e. The minimum Gasteiger partial charge on any atom is -0.492 e. The Kier molecular flexibility index (Phi) is 10.3. The molecular formula is C34H40Br2O2. The third-order valence-corrected chi connectivity index (χ3v) is 9.33. The number of benzene rings is 3. The van der Waals surface area contributed by atoms with Crippen molar-refractivity contribution in [1.29, 1.82) is 0 Å². The summed E-state index contributed by atoms with van der Waals surface area (Å²) < 4.78 is 14.0. The Labute approximate surface area is 245 Å². The Morgan fingerprint density at radius 1 is 0.474 bits per heavy atom. The lowest BCUT2D eigenvalue weighted by Crippen LogP contribution is -2.08. The summed E-state index contributed by atoms with van der Waals surface area (Å²) in [5, 5.41) is 0. The fraction of sp³-hybridized carbons (Fsp3) is 0.471. The van der Waals surface area contributed by atoms with Crippen LogP contribution in [0.5, 0.6) is 11.5 Å². The van der Waals surface area contributed by atoms with Gasteiger partial charge in [0, 0.05) is 0 Å². The van der Waals surface area contributed by atoms with E-state index < -0.39 is 0 Å². The maximum absolute atomic E-state index is 6.07. The van der Waals surface area contributed by atoms with Gasteiger partial charge >= 0.3 is 0 Å². The number of fused-ring (bicyclic) bond motifs is 2. The lowest BCUT2D eigenvalue weighted by Gasteiger charge is -2.19. The molecule has 0 unspecified atom stereocenters. The highest BCUT2D eigenvalue weighted by molar-refractivity contribution is 9.11. The zero-order valence-corrected chi connectivity index (χ0v) is 25.7. The van der Waals surface area contributed by atoms with Crippen LogP contribution in [0.25, 0.3) is 0 Å². The van der Waals surface area contributed by atoms with Crippen LogP contribution in [0.4, 0.5) is 0 Å². The van der Waals surface area contributed by atoms with E-state index in [9.17, 15) is 0 Å². The van der Waals surface area contributed by atoms with Gasteiger partial charge in [-0.15, -0.1) is 0 Å². The average molecular weight is 640 g/mol. The highest BCUT2D eigenvalue weighted by Gasteiger charge is 2.13. The number of hydrogen-bond acceptors (Lipinski definition) is 2. The van der Waals surface area contributed by atoms with Crippen LogP contribution in [-0.2, 0) is 38.5 Å². The van der Waals surface area contributed by atoms with Gasteiger partial charge in [0.1, 0.15) is 11.5 Å². The second-order valence-corrected chi connectivity index (χ2v) is 12.7. The first-order valence-electron chi connectivity index (χ1n) is 14.6. The third-order valence-electron chi connectivity index (χ3n) is 8.09. The summed E-state index contributed by atoms with van der Waals surface area (Å²) >= 11 is 7.34. The molecule has 0 aromatic heterocycles. The zero-order chi connectivity index (χ0) is 26.2. The number of rotatable bonds is 16. The van der Waals surface area contributed by atoms with E-state index in [1.54, 1.807) is 22.3 Å². The quantitative estimate of drug-likeness (QED) is 0.145. The van der Waals surface area contributed by atoms with Crippen molar-refractivity contribution < 1.29 is 9.47 Å². The maximum atomic E-state index is 6.07. The van der Waals surface area contributed by atoms with Crippen LogP contribution in [-0.4, -0.2) is 13.2 Å². The van der Waals surface area contributed by atoms with Crippen LogP contribution in [0.15, 0.2) is 57.5 Å². The van der Waals surface area contributed by atoms with E-state index in [4.69, 9.17) is 9.47 Å². The molecule has 0 saturated carbocycles. The zero-order valence-electron chi connectivity index (χ0n) is 22.5. The second kappa shape index (κ2) is 14.0. The van der Waals surface area contributed by atoms with Gasteiger partial charge in [0.2, 0.25) is 0 Å². The lowest BCUT2D eigenvalue weighted by molar-refractivity contribution is 0.293. The van der Waals surface area contributed by atoms with E-state index in [1.807, 2.05) is 12.1 Å². The molecular weight excluding hydrogens is 600 g/mol. The third kappa shape index (κ3) is 7.66. The Morgan fingerprint density at radius 3 is 1.29 bits per heavy atom. The summed E-state index contributed by atoms with van der Waals surface area (Å²) in [5.41, 5.74) is 9.27. The van der Waals surface area contributed by atoms with Crippen molar-refractivity contribution in [3.63, 3.8) is 0 Å². The molecule has 0 bridgehead atoms. The first-order valence-corrected chi connectivity index (χ1v) is 16.2. The molecule has 3 aromatic rings. The molecule has 2 nitrogen and oxygen atoms in total. The van der Waals surface area contributed by atoms with E-state index in [2.05, 4.69) is 68.3 Å². The van der Waals surface area contributed by atoms with Gasteiger partial charge in [-0.05, 0) is 142 Å². The van der Waals surface area contributed by atoms with E-state index in [-0.39, 0.29) is 0 Å². The number of hydrogen-bond donors (Lipinski definition) is 0. The lowest BCUT2D eigenvalue weighted by atomic mass is 9.86. The van der Waals surface area contributed by atoms with Crippen molar-refractivity contribution in [2.75, 3.05) is 13.2 Å². The Morgan fingerprint density at radius 2 is 0.895 bits per heavy atom. The monoisotopic (exact) mass is 638 g/mol. The summed E-state index contributed by atoms with van der Waals surface area (Å²) in [4.78, 5) is 0. The number of ether oxygens (including phenoxy) is 2. The van der Waals surface area contributed by atoms with Gasteiger partial charge in [0.05, 0.1) is 22.2 Å². The molecule has 0 fully saturated rings. The number of aryl methyl sites for hydroxylation is 6. The summed E-state index contributed by atoms with van der Waals surface area (Å²) in [6, 6.07) is 18.2. The van der Waals surface area contributed by atoms with Gasteiger partial charge in [0.15, 0.2) is 0 Å². The first-order chi connectivity index (χ1) is 18.7. The van der Waals surface area contributed by atoms with Gasteiger partial charge in [-0.25, -0.2) is 0 Å². The Bertz CT molecular complexity index is 1120. The fourth-order valence-electron chi connectivity index (χ4n) is 5.47. The summed E-state index contributed by atoms with van der Waals surface area (Å²) in [5.74, 6) is 1.75. The van der Waals surface area contributed by atoms with E-state index >= 15 is 0 Å². The molecule has 2 aliphatic carbocycles. The van der Waals surface area contributed by atoms with Crippen LogP contribution in [0, 0.1) is 0 Å². The van der Waals surface area contributed by atoms with E-state index in [1.165, 1.54) is 88.2 Å². The van der Waals surface area contributed by atoms with Crippen molar-refractivity contribution in [3.8, 4) is 11.5 Å². The molecule has 5 rings (SSSR count). The molecule has 202 valence electrons. The van der Waals surface area contributed by atoms with Crippen molar-refractivity contribution in [1.82, 2.24) is 0 Å². The molecule has 4 heteroatoms. The predicted octanol–water partition coefficient (Wildman–Crippen LogP) is 9.77. The van der Waals surface area contributed by atoms with Gasteiger partial charge in [0.25, 0.3) is 0 Å². The summed E-state index contributed by atoms with van der Waals surface area (Å²) in [6.07, 6.45) is 17.1. The molecule has 0 aliphatic heterocycles. The SMILES string of the molecule is Brc1cc(OCCCCCCc2ccc3c(c2)CC3)c(Br)cc1OCCCCCCc1ccc2c(c1)CC2. The van der Waals surface area contributed by atoms with Gasteiger partial charge < -0.3 is 9.47 Å². The van der Waals surface area contributed by atoms with Crippen molar-refractivity contribution >= 4 is 31.9 Å². The van der Waals surface area contributed by atoms with Gasteiger partial charge in [-0.3, -0.25) is 0 Å². The predicted molar refractivity (Wildman–Crippen MR) is 165 cm³/mol. The molecule has 38 heavy (non-hydrogen) atoms. The highest BCUT2D eigenvalue weighted by Crippen LogP contribution is 2.36. The minimum atomic E-state index is 0.746. The normalized spacial score (nSPS) is 13.3. The van der Waals surface area contributed by atoms with E-state index in [0.717, 1.165) is 46.5 Å². The van der Waals surface area contributed by atoms with Gasteiger partial charge in [-0.1, -0.05) is 62.1 Å². The summed E-state index contributed by atoms with van der Waals surface area (Å²) in [7, 11) is 0. The van der Waals surface area contributed by atoms with Crippen LogP contribution in [0.2, 0.25) is 0 Å². The van der Waals surface area contributed by atoms with Crippen LogP contribution in [0.3, 0.4) is 0 Å². The van der Waals surface area contributed by atoms with Gasteiger partial charge in [-0.2, -0.15) is 0 Å². The van der Waals surface area contributed by atoms with Crippen molar-refractivity contribution in [3.05, 3.63) is 90.9 Å². The number of unbranched alkanes of at least 4 members (excludes halogenated alkanes) is 6. The minimum absolute atomic E-state index is 0.746. The van der Waals surface area contributed by atoms with Crippen LogP contribution < -0.4 is 9.47 Å². The summed E-state index contributed by atoms with van der Waals surface area (Å²) in [6.45, 7) is 1.49. The molecule has 0 saturated heterocycles. The van der Waals surface area contributed by atoms with Crippen LogP contribution >= 0.6 is 31.9 Å². The van der Waals surface area contributed by atoms with Crippen molar-refractivity contribution in [2.24, 2.45) is 0 Å². The molecule has 0 heterocycles. The first kappa shape index (κ1) is 27.8. The molecule has 3 aromatic carbocycles. The second-order valence-electron chi connectivity index (χ2n) is 10.9. The number of halogens is 2. The molecule has 0 atom stereocenters. The topological polar surface area (TPSA) is 18.5 Å². The molecule has 2 aliphatic rings. The molecule has 0 N–H and O–H groups in total. The van der Waals surface area contributed by atoms with E-state index in [0.29, 0.717) is 0 Å². The fourth-order valence-corrected chi connectivity index (χ4v) is 6.35. The Hall–Kier alpha value is -1.78. The highest BCUT2D eigenvalue weighted by atomic mass is 79.9. The smallest absolute Gasteiger partial charge is 0.134 e. The Balaban J connectivity index is 0.916. The molecule has 0 spiro atoms. The molecule has 0 radical (unpaired) electrons. The van der Waals surface area contributed by atoms with Crippen molar-refractivity contribution in [2.45, 2.75) is 89.9 Å².